The van der Waals surface area contributed by atoms with E-state index >= 15 is 0 Å². The van der Waals surface area contributed by atoms with Crippen LogP contribution in [0.4, 0.5) is 0 Å². The normalized spacial score (nSPS) is 9.14. The minimum absolute atomic E-state index is 0. The second-order valence-electron chi connectivity index (χ2n) is 1.95. The largest absolute Gasteiger partial charge is 0.480 e. The average molecular weight is 282 g/mol. The maximum Gasteiger partial charge on any atom is 0.320 e. The second-order valence-corrected chi connectivity index (χ2v) is 2.94. The van der Waals surface area contributed by atoms with Crippen molar-refractivity contribution >= 4 is 34.7 Å². The Hall–Kier alpha value is -0.760. The van der Waals surface area contributed by atoms with Crippen LogP contribution in [0.15, 0.2) is 0 Å². The van der Waals surface area contributed by atoms with Gasteiger partial charge >= 0.3 is 5.97 Å². The van der Waals surface area contributed by atoms with E-state index < -0.39 is 12.0 Å². The van der Waals surface area contributed by atoms with Crippen LogP contribution in [0.5, 0.6) is 0 Å². The molecule has 0 aliphatic heterocycles. The first-order valence-corrected chi connectivity index (χ1v) is 4.75. The van der Waals surface area contributed by atoms with Crippen LogP contribution in [0.25, 0.3) is 0 Å². The van der Waals surface area contributed by atoms with Crippen molar-refractivity contribution in [2.24, 2.45) is 5.73 Å². The van der Waals surface area contributed by atoms with Crippen molar-refractivity contribution in [2.75, 3.05) is 12.0 Å². The zero-order valence-electron chi connectivity index (χ0n) is 7.64. The van der Waals surface area contributed by atoms with Gasteiger partial charge in [0.05, 0.1) is 0 Å². The van der Waals surface area contributed by atoms with Crippen LogP contribution < -0.4 is 5.73 Å². The number of rotatable bonds is 4. The summed E-state index contributed by atoms with van der Waals surface area (Å²) in [5.74, 6) is -0.1000. The number of nitrogens with zero attached hydrogens (tertiary/aromatic N) is 2. The number of carboxylic acid groups (broad SMARTS) is 1. The number of halogens is 1. The van der Waals surface area contributed by atoms with Gasteiger partial charge in [0.25, 0.3) is 0 Å². The topological polar surface area (TPSA) is 111 Å². The lowest BCUT2D eigenvalue weighted by molar-refractivity contribution is -0.138. The van der Waals surface area contributed by atoms with Crippen LogP contribution in [0.2, 0.25) is 0 Å². The van der Waals surface area contributed by atoms with Gasteiger partial charge in [0.2, 0.25) is 0 Å². The number of aliphatic carboxylic acids is 1. The SMILES string of the molecule is Br.CSCC[C@H](N)C(=O)O.N#CC#N. The fraction of sp³-hybridized carbons (Fsp3) is 0.571. The quantitative estimate of drug-likeness (QED) is 0.787. The first-order valence-electron chi connectivity index (χ1n) is 3.35. The molecule has 0 aliphatic rings. The summed E-state index contributed by atoms with van der Waals surface area (Å²) in [6.45, 7) is 0. The Morgan fingerprint density at radius 1 is 1.57 bits per heavy atom. The van der Waals surface area contributed by atoms with E-state index in [4.69, 9.17) is 21.4 Å². The van der Waals surface area contributed by atoms with Crippen LogP contribution in [0, 0.1) is 22.7 Å². The summed E-state index contributed by atoms with van der Waals surface area (Å²) in [5.41, 5.74) is 5.19. The van der Waals surface area contributed by atoms with Crippen molar-refractivity contribution in [1.82, 2.24) is 0 Å². The highest BCUT2D eigenvalue weighted by Gasteiger charge is 2.08. The van der Waals surface area contributed by atoms with Crippen molar-refractivity contribution in [3.05, 3.63) is 0 Å². The number of nitriles is 2. The number of hydrogen-bond acceptors (Lipinski definition) is 5. The predicted molar refractivity (Wildman–Crippen MR) is 60.2 cm³/mol. The summed E-state index contributed by atoms with van der Waals surface area (Å²) in [6, 6.07) is 1.79. The molecule has 0 rings (SSSR count). The average Bonchev–Trinajstić information content (AvgIpc) is 2.14. The molecular weight excluding hydrogens is 270 g/mol. The van der Waals surface area contributed by atoms with Gasteiger partial charge in [-0.3, -0.25) is 4.79 Å². The van der Waals surface area contributed by atoms with Gasteiger partial charge in [-0.05, 0) is 18.4 Å². The zero-order chi connectivity index (χ0) is 10.7. The first kappa shape index (κ1) is 18.9. The molecule has 0 aromatic rings. The lowest BCUT2D eigenvalue weighted by Gasteiger charge is -2.02. The molecule has 0 spiro atoms. The standard InChI is InChI=1S/C5H11NO2S.C2N2.BrH/c1-9-3-2-4(6)5(7)8;3-1-2-4;/h4H,2-3,6H2,1H3,(H,7,8);;1H/t4-;;/m0../s1. The molecule has 0 saturated carbocycles. The highest BCUT2D eigenvalue weighted by molar-refractivity contribution is 8.93. The third kappa shape index (κ3) is 17.4. The monoisotopic (exact) mass is 281 g/mol. The lowest BCUT2D eigenvalue weighted by atomic mass is 10.2. The molecule has 0 aromatic carbocycles. The highest BCUT2D eigenvalue weighted by Crippen LogP contribution is 1.97. The zero-order valence-corrected chi connectivity index (χ0v) is 10.2. The van der Waals surface area contributed by atoms with Crippen LogP contribution >= 0.6 is 28.7 Å². The fourth-order valence-electron chi connectivity index (χ4n) is 0.368. The summed E-state index contributed by atoms with van der Waals surface area (Å²) >= 11 is 1.60. The maximum atomic E-state index is 10.1. The van der Waals surface area contributed by atoms with E-state index in [-0.39, 0.29) is 17.0 Å². The van der Waals surface area contributed by atoms with E-state index in [0.29, 0.717) is 6.42 Å². The Balaban J connectivity index is -0.000000209. The Labute approximate surface area is 97.7 Å². The molecule has 0 unspecified atom stereocenters. The molecule has 1 atom stereocenters. The van der Waals surface area contributed by atoms with E-state index in [1.165, 1.54) is 12.1 Å². The molecule has 0 saturated heterocycles. The van der Waals surface area contributed by atoms with Gasteiger partial charge < -0.3 is 10.8 Å². The molecule has 0 heterocycles. The van der Waals surface area contributed by atoms with E-state index in [1.54, 1.807) is 11.8 Å². The van der Waals surface area contributed by atoms with Crippen molar-refractivity contribution in [1.29, 1.82) is 10.5 Å². The van der Waals surface area contributed by atoms with Gasteiger partial charge in [-0.25, -0.2) is 0 Å². The Kier molecular flexibility index (Phi) is 19.9. The van der Waals surface area contributed by atoms with Gasteiger partial charge in [0.1, 0.15) is 6.04 Å². The summed E-state index contributed by atoms with van der Waals surface area (Å²) in [5, 5.41) is 22.8. The number of carboxylic acids is 1. The number of hydrogen-bond donors (Lipinski definition) is 2. The Bertz CT molecular complexity index is 212. The lowest BCUT2D eigenvalue weighted by Crippen LogP contribution is -2.30. The van der Waals surface area contributed by atoms with E-state index in [0.717, 1.165) is 5.75 Å². The molecule has 3 N–H and O–H groups in total. The summed E-state index contributed by atoms with van der Waals surface area (Å²) in [4.78, 5) is 10.1. The Morgan fingerprint density at radius 3 is 2.21 bits per heavy atom. The number of carbonyl (C=O) groups is 1. The van der Waals surface area contributed by atoms with Crippen molar-refractivity contribution < 1.29 is 9.90 Å². The number of nitrogens with two attached hydrogens (primary N) is 1. The smallest absolute Gasteiger partial charge is 0.320 e. The minimum atomic E-state index is -0.913. The molecule has 0 amide bonds. The first-order chi connectivity index (χ1) is 6.09. The molecule has 5 nitrogen and oxygen atoms in total. The third-order valence-electron chi connectivity index (χ3n) is 1.00. The van der Waals surface area contributed by atoms with Crippen LogP contribution in [-0.4, -0.2) is 29.1 Å². The molecule has 0 aliphatic carbocycles. The maximum absolute atomic E-state index is 10.1. The van der Waals surface area contributed by atoms with Gasteiger partial charge in [-0.1, -0.05) is 0 Å². The molecule has 7 heteroatoms. The van der Waals surface area contributed by atoms with Gasteiger partial charge in [-0.2, -0.15) is 22.3 Å². The molecule has 0 radical (unpaired) electrons. The van der Waals surface area contributed by atoms with Crippen LogP contribution in [-0.2, 0) is 4.79 Å². The minimum Gasteiger partial charge on any atom is -0.480 e. The highest BCUT2D eigenvalue weighted by atomic mass is 79.9. The van der Waals surface area contributed by atoms with E-state index in [1.807, 2.05) is 6.26 Å². The van der Waals surface area contributed by atoms with Crippen molar-refractivity contribution in [2.45, 2.75) is 12.5 Å². The summed E-state index contributed by atoms with van der Waals surface area (Å²) in [7, 11) is 0. The molecule has 14 heavy (non-hydrogen) atoms. The third-order valence-corrected chi connectivity index (χ3v) is 1.64. The Morgan fingerprint density at radius 2 is 2.00 bits per heavy atom. The van der Waals surface area contributed by atoms with Gasteiger partial charge in [-0.15, -0.1) is 17.0 Å². The molecule has 0 aromatic heterocycles. The second kappa shape index (κ2) is 14.7. The fourth-order valence-corrected chi connectivity index (χ4v) is 0.858. The van der Waals surface area contributed by atoms with Crippen molar-refractivity contribution in [3.8, 4) is 12.1 Å². The van der Waals surface area contributed by atoms with Gasteiger partial charge in [0.15, 0.2) is 12.1 Å². The summed E-state index contributed by atoms with van der Waals surface area (Å²) in [6.07, 6.45) is 2.48. The van der Waals surface area contributed by atoms with Crippen LogP contribution in [0.1, 0.15) is 6.42 Å². The summed E-state index contributed by atoms with van der Waals surface area (Å²) < 4.78 is 0. The van der Waals surface area contributed by atoms with E-state index in [2.05, 4.69) is 0 Å². The van der Waals surface area contributed by atoms with Crippen molar-refractivity contribution in [3.63, 3.8) is 0 Å². The molecular formula is C7H12BrN3O2S. The van der Waals surface area contributed by atoms with Crippen LogP contribution in [0.3, 0.4) is 0 Å². The van der Waals surface area contributed by atoms with Gasteiger partial charge in [0, 0.05) is 0 Å². The molecule has 0 bridgehead atoms. The van der Waals surface area contributed by atoms with E-state index in [9.17, 15) is 4.79 Å². The number of thioether (sulfide) groups is 1. The predicted octanol–water partition coefficient (Wildman–Crippen LogP) is 0.763. The molecule has 0 fully saturated rings. The molecule has 80 valence electrons.